The van der Waals surface area contributed by atoms with Gasteiger partial charge in [-0.25, -0.2) is 4.90 Å². The van der Waals surface area contributed by atoms with E-state index in [4.69, 9.17) is 5.11 Å². The summed E-state index contributed by atoms with van der Waals surface area (Å²) in [5, 5.41) is 11.5. The van der Waals surface area contributed by atoms with Crippen LogP contribution in [0.15, 0.2) is 30.3 Å². The maximum Gasteiger partial charge on any atom is 0.320 e. The molecule has 1 fully saturated rings. The number of amides is 2. The number of anilines is 1. The summed E-state index contributed by atoms with van der Waals surface area (Å²) < 4.78 is 0. The van der Waals surface area contributed by atoms with Crippen LogP contribution in [0.1, 0.15) is 13.3 Å². The molecule has 2 atom stereocenters. The number of para-hydroxylation sites is 1. The first-order chi connectivity index (χ1) is 9.00. The fourth-order valence-corrected chi connectivity index (χ4v) is 1.98. The Morgan fingerprint density at radius 3 is 2.58 bits per heavy atom. The molecule has 0 aromatic heterocycles. The Labute approximate surface area is 110 Å². The van der Waals surface area contributed by atoms with E-state index in [1.165, 1.54) is 6.92 Å². The highest BCUT2D eigenvalue weighted by molar-refractivity contribution is 6.22. The summed E-state index contributed by atoms with van der Waals surface area (Å²) in [6.45, 7) is 1.44. The second kappa shape index (κ2) is 5.19. The zero-order valence-corrected chi connectivity index (χ0v) is 10.4. The van der Waals surface area contributed by atoms with Crippen LogP contribution in [-0.2, 0) is 14.4 Å². The molecule has 1 aromatic rings. The maximum atomic E-state index is 12.1. The van der Waals surface area contributed by atoms with Crippen molar-refractivity contribution in [3.8, 4) is 0 Å². The van der Waals surface area contributed by atoms with Crippen LogP contribution >= 0.6 is 0 Å². The third kappa shape index (κ3) is 2.63. The van der Waals surface area contributed by atoms with Crippen LogP contribution in [0.3, 0.4) is 0 Å². The Morgan fingerprint density at radius 1 is 1.37 bits per heavy atom. The largest absolute Gasteiger partial charge is 0.480 e. The molecule has 6 nitrogen and oxygen atoms in total. The van der Waals surface area contributed by atoms with Crippen LogP contribution in [0.4, 0.5) is 5.69 Å². The first-order valence-corrected chi connectivity index (χ1v) is 5.91. The lowest BCUT2D eigenvalue weighted by molar-refractivity contribution is -0.139. The molecule has 2 amide bonds. The van der Waals surface area contributed by atoms with Gasteiger partial charge in [0.2, 0.25) is 5.91 Å². The number of aliphatic carboxylic acids is 1. The summed E-state index contributed by atoms with van der Waals surface area (Å²) in [5.41, 5.74) is 0.504. The highest BCUT2D eigenvalue weighted by Crippen LogP contribution is 2.22. The summed E-state index contributed by atoms with van der Waals surface area (Å²) in [7, 11) is 0. The summed E-state index contributed by atoms with van der Waals surface area (Å²) >= 11 is 0. The van der Waals surface area contributed by atoms with Gasteiger partial charge in [-0.2, -0.15) is 0 Å². The molecule has 1 aliphatic heterocycles. The molecule has 0 saturated carbocycles. The normalized spacial score (nSPS) is 20.7. The second-order valence-corrected chi connectivity index (χ2v) is 4.39. The predicted octanol–water partition coefficient (Wildman–Crippen LogP) is 0.381. The Balaban J connectivity index is 2.15. The number of hydrogen-bond acceptors (Lipinski definition) is 4. The summed E-state index contributed by atoms with van der Waals surface area (Å²) in [5.74, 6) is -1.80. The van der Waals surface area contributed by atoms with Crippen molar-refractivity contribution in [2.75, 3.05) is 4.90 Å². The highest BCUT2D eigenvalue weighted by Gasteiger charge is 2.40. The molecule has 0 spiro atoms. The number of carboxylic acid groups (broad SMARTS) is 1. The molecule has 1 aromatic carbocycles. The standard InChI is InChI=1S/C13H14N2O4/c1-8(13(18)19)14-10-7-11(16)15(12(10)17)9-5-3-2-4-6-9/h2-6,8,10,14H,7H2,1H3,(H,18,19)/t8-,10?/m0/s1. The number of nitrogens with one attached hydrogen (secondary N) is 1. The van der Waals surface area contributed by atoms with Crippen molar-refractivity contribution in [2.24, 2.45) is 0 Å². The van der Waals surface area contributed by atoms with E-state index in [-0.39, 0.29) is 12.3 Å². The minimum atomic E-state index is -1.06. The molecule has 0 aliphatic carbocycles. The number of carboxylic acids is 1. The Hall–Kier alpha value is -2.21. The number of carbonyl (C=O) groups is 3. The fraction of sp³-hybridized carbons (Fsp3) is 0.308. The molecule has 0 radical (unpaired) electrons. The minimum absolute atomic E-state index is 0.0225. The minimum Gasteiger partial charge on any atom is -0.480 e. The Kier molecular flexibility index (Phi) is 3.62. The van der Waals surface area contributed by atoms with E-state index in [1.54, 1.807) is 30.3 Å². The van der Waals surface area contributed by atoms with Crippen molar-refractivity contribution >= 4 is 23.5 Å². The van der Waals surface area contributed by atoms with Gasteiger partial charge < -0.3 is 5.11 Å². The molecular weight excluding hydrogens is 248 g/mol. The van der Waals surface area contributed by atoms with Gasteiger partial charge in [-0.05, 0) is 19.1 Å². The predicted molar refractivity (Wildman–Crippen MR) is 67.6 cm³/mol. The van der Waals surface area contributed by atoms with E-state index in [1.807, 2.05) is 0 Å². The van der Waals surface area contributed by atoms with Gasteiger partial charge in [0.25, 0.3) is 5.91 Å². The van der Waals surface area contributed by atoms with Gasteiger partial charge in [-0.1, -0.05) is 18.2 Å². The lowest BCUT2D eigenvalue weighted by atomic mass is 10.2. The summed E-state index contributed by atoms with van der Waals surface area (Å²) in [6, 6.07) is 6.93. The number of benzene rings is 1. The second-order valence-electron chi connectivity index (χ2n) is 4.39. The monoisotopic (exact) mass is 262 g/mol. The van der Waals surface area contributed by atoms with E-state index in [0.717, 1.165) is 4.90 Å². The lowest BCUT2D eigenvalue weighted by Crippen LogP contribution is -2.45. The number of nitrogens with zero attached hydrogens (tertiary/aromatic N) is 1. The van der Waals surface area contributed by atoms with Gasteiger partial charge in [0, 0.05) is 0 Å². The van der Waals surface area contributed by atoms with Crippen LogP contribution < -0.4 is 10.2 Å². The number of imide groups is 1. The number of carbonyl (C=O) groups excluding carboxylic acids is 2. The van der Waals surface area contributed by atoms with Crippen molar-refractivity contribution in [1.29, 1.82) is 0 Å². The number of rotatable bonds is 4. The molecule has 1 saturated heterocycles. The van der Waals surface area contributed by atoms with Crippen molar-refractivity contribution in [3.63, 3.8) is 0 Å². The smallest absolute Gasteiger partial charge is 0.320 e. The van der Waals surface area contributed by atoms with Crippen LogP contribution in [0.25, 0.3) is 0 Å². The van der Waals surface area contributed by atoms with Crippen molar-refractivity contribution in [1.82, 2.24) is 5.32 Å². The first-order valence-electron chi connectivity index (χ1n) is 5.91. The topological polar surface area (TPSA) is 86.7 Å². The van der Waals surface area contributed by atoms with Gasteiger partial charge in [0.15, 0.2) is 0 Å². The first kappa shape index (κ1) is 13.2. The Morgan fingerprint density at radius 2 is 2.00 bits per heavy atom. The van der Waals surface area contributed by atoms with E-state index >= 15 is 0 Å². The van der Waals surface area contributed by atoms with Crippen molar-refractivity contribution in [3.05, 3.63) is 30.3 Å². The molecule has 100 valence electrons. The quantitative estimate of drug-likeness (QED) is 0.766. The number of hydrogen-bond donors (Lipinski definition) is 2. The van der Waals surface area contributed by atoms with Crippen LogP contribution in [0.2, 0.25) is 0 Å². The van der Waals surface area contributed by atoms with Crippen LogP contribution in [-0.4, -0.2) is 35.0 Å². The average molecular weight is 262 g/mol. The SMILES string of the molecule is C[C@H](NC1CC(=O)N(c2ccccc2)C1=O)C(=O)O. The molecule has 2 N–H and O–H groups in total. The zero-order valence-electron chi connectivity index (χ0n) is 10.4. The van der Waals surface area contributed by atoms with Crippen molar-refractivity contribution < 1.29 is 19.5 Å². The highest BCUT2D eigenvalue weighted by atomic mass is 16.4. The average Bonchev–Trinajstić information content (AvgIpc) is 2.65. The molecule has 2 rings (SSSR count). The van der Waals surface area contributed by atoms with E-state index in [9.17, 15) is 14.4 Å². The molecule has 6 heteroatoms. The maximum absolute atomic E-state index is 12.1. The van der Waals surface area contributed by atoms with Crippen molar-refractivity contribution in [2.45, 2.75) is 25.4 Å². The van der Waals surface area contributed by atoms with Crippen LogP contribution in [0, 0.1) is 0 Å². The molecule has 19 heavy (non-hydrogen) atoms. The molecular formula is C13H14N2O4. The summed E-state index contributed by atoms with van der Waals surface area (Å²) in [6.07, 6.45) is -0.0225. The molecule has 1 heterocycles. The van der Waals surface area contributed by atoms with E-state index in [2.05, 4.69) is 5.32 Å². The molecule has 1 aliphatic rings. The van der Waals surface area contributed by atoms with Gasteiger partial charge in [0.1, 0.15) is 6.04 Å². The zero-order chi connectivity index (χ0) is 14.0. The van der Waals surface area contributed by atoms with E-state index in [0.29, 0.717) is 5.69 Å². The van der Waals surface area contributed by atoms with Gasteiger partial charge >= 0.3 is 5.97 Å². The Bertz CT molecular complexity index is 515. The fourth-order valence-electron chi connectivity index (χ4n) is 1.98. The third-order valence-corrected chi connectivity index (χ3v) is 2.98. The third-order valence-electron chi connectivity index (χ3n) is 2.98. The lowest BCUT2D eigenvalue weighted by Gasteiger charge is -2.16. The van der Waals surface area contributed by atoms with Gasteiger partial charge in [0.05, 0.1) is 18.2 Å². The molecule has 0 bridgehead atoms. The molecule has 1 unspecified atom stereocenters. The van der Waals surface area contributed by atoms with Crippen LogP contribution in [0.5, 0.6) is 0 Å². The van der Waals surface area contributed by atoms with Gasteiger partial charge in [-0.15, -0.1) is 0 Å². The van der Waals surface area contributed by atoms with E-state index < -0.39 is 24.0 Å². The van der Waals surface area contributed by atoms with Gasteiger partial charge in [-0.3, -0.25) is 19.7 Å². The summed E-state index contributed by atoms with van der Waals surface area (Å²) in [4.78, 5) is 35.8.